The maximum absolute atomic E-state index is 12.4. The number of esters is 1. The van der Waals surface area contributed by atoms with Crippen molar-refractivity contribution in [1.82, 2.24) is 0 Å². The van der Waals surface area contributed by atoms with Gasteiger partial charge in [0, 0.05) is 32.6 Å². The summed E-state index contributed by atoms with van der Waals surface area (Å²) in [5.41, 5.74) is 10.8. The molecule has 0 amide bonds. The third kappa shape index (κ3) is 11.2. The third-order valence-electron chi connectivity index (χ3n) is 11.3. The number of aromatic hydroxyl groups is 1. The van der Waals surface area contributed by atoms with Gasteiger partial charge in [-0.25, -0.2) is 0 Å². The zero-order chi connectivity index (χ0) is 44.4. The summed E-state index contributed by atoms with van der Waals surface area (Å²) in [5, 5.41) is 32.7. The Morgan fingerprint density at radius 2 is 0.700 bits per heavy atom. The Kier molecular flexibility index (Phi) is 14.1. The summed E-state index contributed by atoms with van der Waals surface area (Å²) in [7, 11) is 0. The highest BCUT2D eigenvalue weighted by Crippen LogP contribution is 2.44. The molecule has 60 heavy (non-hydrogen) atoms. The molecule has 0 spiro atoms. The van der Waals surface area contributed by atoms with Gasteiger partial charge in [0.2, 0.25) is 0 Å². The van der Waals surface area contributed by atoms with Crippen molar-refractivity contribution < 1.29 is 39.1 Å². The maximum Gasteiger partial charge on any atom is 0.302 e. The molecule has 8 nitrogen and oxygen atoms in total. The molecule has 0 atom stereocenters. The fraction of sp³-hybridized carbons (Fsp3) is 0.519. The molecular formula is C52H70O8. The molecule has 0 fully saturated rings. The van der Waals surface area contributed by atoms with Crippen molar-refractivity contribution in [2.75, 3.05) is 39.6 Å². The molecule has 1 aliphatic carbocycles. The number of phenols is 1. The summed E-state index contributed by atoms with van der Waals surface area (Å²) in [6, 6.07) is 17.5. The second-order valence-corrected chi connectivity index (χ2v) is 20.6. The predicted octanol–water partition coefficient (Wildman–Crippen LogP) is 9.94. The molecule has 1 aliphatic rings. The number of rotatable bonds is 10. The minimum absolute atomic E-state index is 0.0909. The first-order valence-electron chi connectivity index (χ1n) is 21.5. The van der Waals surface area contributed by atoms with Crippen LogP contribution in [0.2, 0.25) is 0 Å². The van der Waals surface area contributed by atoms with Crippen molar-refractivity contribution in [3.05, 3.63) is 115 Å². The number of hydrogen-bond donors (Lipinski definition) is 3. The van der Waals surface area contributed by atoms with Crippen molar-refractivity contribution in [1.29, 1.82) is 0 Å². The number of hydrogen-bond acceptors (Lipinski definition) is 8. The van der Waals surface area contributed by atoms with Crippen LogP contribution in [-0.4, -0.2) is 60.9 Å². The SMILES string of the molecule is CC(=O)OCCOc1c2cc(C(C)(C)C)cc1Cc1cc(C(C)(C)C)cc(c1OCCO)Cc1cc(C(C)(C)C)cc(c1OCCO)Cc1cc(C(C)(C)C)cc(c1O)C2. The number of ether oxygens (including phenoxy) is 4. The molecular weight excluding hydrogens is 753 g/mol. The van der Waals surface area contributed by atoms with Crippen LogP contribution >= 0.6 is 0 Å². The van der Waals surface area contributed by atoms with Crippen molar-refractivity contribution in [2.45, 2.75) is 137 Å². The molecule has 0 unspecified atom stereocenters. The minimum atomic E-state index is -0.374. The van der Waals surface area contributed by atoms with Crippen molar-refractivity contribution in [2.24, 2.45) is 0 Å². The predicted molar refractivity (Wildman–Crippen MR) is 241 cm³/mol. The molecule has 0 saturated carbocycles. The van der Waals surface area contributed by atoms with Gasteiger partial charge in [0.15, 0.2) is 0 Å². The van der Waals surface area contributed by atoms with Crippen LogP contribution in [0.25, 0.3) is 0 Å². The van der Waals surface area contributed by atoms with Crippen LogP contribution in [0.4, 0.5) is 0 Å². The Balaban J connectivity index is 1.96. The van der Waals surface area contributed by atoms with E-state index >= 15 is 0 Å². The largest absolute Gasteiger partial charge is 0.507 e. The molecule has 0 heterocycles. The number of phenolic OH excluding ortho intramolecular Hbond substituents is 1. The Labute approximate surface area is 359 Å². The highest BCUT2D eigenvalue weighted by atomic mass is 16.6. The van der Waals surface area contributed by atoms with Crippen LogP contribution in [0.3, 0.4) is 0 Å². The van der Waals surface area contributed by atoms with Crippen LogP contribution in [0.15, 0.2) is 48.5 Å². The van der Waals surface area contributed by atoms with Gasteiger partial charge in [0.05, 0.1) is 13.2 Å². The van der Waals surface area contributed by atoms with Gasteiger partial charge in [-0.1, -0.05) is 132 Å². The fourth-order valence-electron chi connectivity index (χ4n) is 7.81. The fourth-order valence-corrected chi connectivity index (χ4v) is 7.81. The van der Waals surface area contributed by atoms with Gasteiger partial charge >= 0.3 is 5.97 Å². The van der Waals surface area contributed by atoms with Gasteiger partial charge in [-0.3, -0.25) is 4.79 Å². The molecule has 4 aromatic carbocycles. The molecule has 0 aromatic heterocycles. The van der Waals surface area contributed by atoms with E-state index in [1.807, 2.05) is 0 Å². The quantitative estimate of drug-likeness (QED) is 0.0943. The summed E-state index contributed by atoms with van der Waals surface area (Å²) in [6.45, 7) is 27.9. The van der Waals surface area contributed by atoms with E-state index < -0.39 is 0 Å². The van der Waals surface area contributed by atoms with E-state index in [1.165, 1.54) is 6.92 Å². The number of carbonyl (C=O) groups is 1. The molecule has 8 bridgehead atoms. The van der Waals surface area contributed by atoms with Gasteiger partial charge in [-0.15, -0.1) is 0 Å². The molecule has 5 rings (SSSR count). The lowest BCUT2D eigenvalue weighted by molar-refractivity contribution is -0.141. The molecule has 0 radical (unpaired) electrons. The lowest BCUT2D eigenvalue weighted by Gasteiger charge is -2.29. The van der Waals surface area contributed by atoms with Crippen molar-refractivity contribution >= 4 is 5.97 Å². The monoisotopic (exact) mass is 823 g/mol. The second kappa shape index (κ2) is 18.2. The Hall–Kier alpha value is -4.53. The standard InChI is InChI=1S/C52H70O8/c1-32(55)57-18-19-60-48-36-21-34-25-41(49(2,3)4)24-33(45(34)56)20-35-26-42(50(5,6)7)28-37(46(35)58-16-14-53)22-38-29-44(52(11,12)13)30-39(47(38)59-17-15-54)23-40(48)31-43(27-36)51(8,9)10/h24-31,53-54,56H,14-23H2,1-13H3. The molecule has 0 aliphatic heterocycles. The van der Waals surface area contributed by atoms with Crippen LogP contribution in [0, 0.1) is 0 Å². The van der Waals surface area contributed by atoms with E-state index in [4.69, 9.17) is 18.9 Å². The highest BCUT2D eigenvalue weighted by molar-refractivity contribution is 5.66. The number of carbonyl (C=O) groups excluding carboxylic acids is 1. The van der Waals surface area contributed by atoms with Gasteiger partial charge < -0.3 is 34.3 Å². The highest BCUT2D eigenvalue weighted by Gasteiger charge is 2.29. The number of fused-ring (bicyclic) bond motifs is 8. The van der Waals surface area contributed by atoms with Crippen LogP contribution in [0.5, 0.6) is 23.0 Å². The Bertz CT molecular complexity index is 2170. The molecule has 0 saturated heterocycles. The van der Waals surface area contributed by atoms with E-state index in [-0.39, 0.29) is 73.0 Å². The number of aliphatic hydroxyl groups is 2. The van der Waals surface area contributed by atoms with Crippen LogP contribution in [-0.2, 0) is 56.9 Å². The summed E-state index contributed by atoms with van der Waals surface area (Å²) >= 11 is 0. The molecule has 8 heteroatoms. The topological polar surface area (TPSA) is 115 Å². The summed E-state index contributed by atoms with van der Waals surface area (Å²) < 4.78 is 25.1. The third-order valence-corrected chi connectivity index (χ3v) is 11.3. The van der Waals surface area contributed by atoms with Crippen LogP contribution < -0.4 is 14.2 Å². The summed E-state index contributed by atoms with van der Waals surface area (Å²) in [5.74, 6) is 1.91. The zero-order valence-electron chi connectivity index (χ0n) is 38.6. The lowest BCUT2D eigenvalue weighted by Crippen LogP contribution is -2.18. The molecule has 3 N–H and O–H groups in total. The van der Waals surface area contributed by atoms with E-state index in [0.29, 0.717) is 42.9 Å². The number of benzene rings is 4. The van der Waals surface area contributed by atoms with Gasteiger partial charge in [0.1, 0.15) is 49.4 Å². The second-order valence-electron chi connectivity index (χ2n) is 20.6. The van der Waals surface area contributed by atoms with Gasteiger partial charge in [0.25, 0.3) is 0 Å². The summed E-state index contributed by atoms with van der Waals surface area (Å²) in [4.78, 5) is 11.8. The summed E-state index contributed by atoms with van der Waals surface area (Å²) in [6.07, 6.45) is 1.66. The smallest absolute Gasteiger partial charge is 0.302 e. The van der Waals surface area contributed by atoms with Crippen LogP contribution in [0.1, 0.15) is 157 Å². The Morgan fingerprint density at radius 1 is 0.450 bits per heavy atom. The minimum Gasteiger partial charge on any atom is -0.507 e. The van der Waals surface area contributed by atoms with E-state index in [9.17, 15) is 20.1 Å². The van der Waals surface area contributed by atoms with E-state index in [2.05, 4.69) is 132 Å². The van der Waals surface area contributed by atoms with Crippen molar-refractivity contribution in [3.63, 3.8) is 0 Å². The van der Waals surface area contributed by atoms with Gasteiger partial charge in [-0.05, 0) is 88.4 Å². The van der Waals surface area contributed by atoms with Crippen molar-refractivity contribution in [3.8, 4) is 23.0 Å². The molecule has 4 aromatic rings. The first-order chi connectivity index (χ1) is 27.9. The average molecular weight is 823 g/mol. The lowest BCUT2D eigenvalue weighted by atomic mass is 9.79. The van der Waals surface area contributed by atoms with E-state index in [0.717, 1.165) is 66.8 Å². The average Bonchev–Trinajstić information content (AvgIpc) is 3.12. The Morgan fingerprint density at radius 3 is 0.950 bits per heavy atom. The van der Waals surface area contributed by atoms with Gasteiger partial charge in [-0.2, -0.15) is 0 Å². The normalized spacial score (nSPS) is 13.5. The first-order valence-corrected chi connectivity index (χ1v) is 21.5. The molecule has 326 valence electrons. The first kappa shape index (κ1) is 46.5. The zero-order valence-corrected chi connectivity index (χ0v) is 38.6. The maximum atomic E-state index is 12.4. The number of aliphatic hydroxyl groups excluding tert-OH is 2. The van der Waals surface area contributed by atoms with E-state index in [1.54, 1.807) is 0 Å².